The third kappa shape index (κ3) is 61.6. The molecule has 0 aromatic rings. The SMILES string of the molecule is O=[Se](=O)(O)O.[La]. The molecule has 1 radical (unpaired) electrons. The molecule has 0 spiro atoms. The van der Waals surface area contributed by atoms with Crippen LogP contribution in [0.25, 0.3) is 0 Å². The number of rotatable bonds is 0. The topological polar surface area (TPSA) is 74.6 Å². The summed E-state index contributed by atoms with van der Waals surface area (Å²) in [6.45, 7) is 0. The van der Waals surface area contributed by atoms with E-state index in [-0.39, 0.29) is 35.6 Å². The Kier molecular flexibility index (Phi) is 5.58. The zero-order valence-electron chi connectivity index (χ0n) is 2.70. The van der Waals surface area contributed by atoms with Gasteiger partial charge in [0.25, 0.3) is 0 Å². The smallest absolute Gasteiger partial charge is 0 e. The second-order valence-corrected chi connectivity index (χ2v) is 2.33. The molecule has 0 rings (SSSR count). The Labute approximate surface area is 64.4 Å². The van der Waals surface area contributed by atoms with Crippen molar-refractivity contribution in [2.45, 2.75) is 0 Å². The van der Waals surface area contributed by atoms with Crippen molar-refractivity contribution < 1.29 is 51.6 Å². The fraction of sp³-hybridized carbons (Fsp3) is 0. The van der Waals surface area contributed by atoms with Gasteiger partial charge in [-0.05, 0) is 0 Å². The Bertz CT molecular complexity index is 90.7. The normalized spacial score (nSPS) is 9.67. The minimum Gasteiger partial charge on any atom is 0 e. The first kappa shape index (κ1) is 10.3. The van der Waals surface area contributed by atoms with Crippen molar-refractivity contribution >= 4 is 13.4 Å². The van der Waals surface area contributed by atoms with Crippen molar-refractivity contribution in [2.24, 2.45) is 0 Å². The molecule has 0 aliphatic heterocycles. The molecule has 4 nitrogen and oxygen atoms in total. The minimum atomic E-state index is -5.25. The van der Waals surface area contributed by atoms with Gasteiger partial charge in [-0.1, -0.05) is 0 Å². The van der Waals surface area contributed by atoms with E-state index < -0.39 is 13.4 Å². The molecule has 0 aliphatic rings. The van der Waals surface area contributed by atoms with Gasteiger partial charge in [0.1, 0.15) is 0 Å². The molecule has 0 heterocycles. The third-order valence-electron chi connectivity index (χ3n) is 0. The van der Waals surface area contributed by atoms with E-state index in [0.717, 1.165) is 0 Å². The maximum absolute atomic E-state index is 8.82. The van der Waals surface area contributed by atoms with Crippen molar-refractivity contribution in [1.82, 2.24) is 0 Å². The molecule has 0 aromatic carbocycles. The summed E-state index contributed by atoms with van der Waals surface area (Å²) in [6, 6.07) is 0. The summed E-state index contributed by atoms with van der Waals surface area (Å²) in [4.78, 5) is 0. The summed E-state index contributed by atoms with van der Waals surface area (Å²) < 4.78 is 31.9. The van der Waals surface area contributed by atoms with Crippen molar-refractivity contribution in [3.63, 3.8) is 0 Å². The first-order valence-corrected chi connectivity index (χ1v) is 3.63. The first-order chi connectivity index (χ1) is 2.00. The van der Waals surface area contributed by atoms with Gasteiger partial charge in [0.2, 0.25) is 0 Å². The van der Waals surface area contributed by atoms with Gasteiger partial charge in [-0.3, -0.25) is 0 Å². The molecule has 0 unspecified atom stereocenters. The van der Waals surface area contributed by atoms with E-state index in [9.17, 15) is 0 Å². The van der Waals surface area contributed by atoms with Gasteiger partial charge in [-0.25, -0.2) is 0 Å². The van der Waals surface area contributed by atoms with E-state index in [4.69, 9.17) is 16.0 Å². The summed E-state index contributed by atoms with van der Waals surface area (Å²) in [6.07, 6.45) is 0. The summed E-state index contributed by atoms with van der Waals surface area (Å²) in [5.74, 6) is 0. The molecule has 35 valence electrons. The molecule has 6 heteroatoms. The Morgan fingerprint density at radius 2 is 1.17 bits per heavy atom. The quantitative estimate of drug-likeness (QED) is 0.518. The van der Waals surface area contributed by atoms with Crippen LogP contribution >= 0.6 is 0 Å². The predicted molar refractivity (Wildman–Crippen MR) is 11.6 cm³/mol. The van der Waals surface area contributed by atoms with Crippen LogP contribution in [0.5, 0.6) is 0 Å². The van der Waals surface area contributed by atoms with Crippen LogP contribution in [0.4, 0.5) is 0 Å². The Morgan fingerprint density at radius 3 is 1.17 bits per heavy atom. The molecule has 0 bridgehead atoms. The van der Waals surface area contributed by atoms with Gasteiger partial charge < -0.3 is 0 Å². The fourth-order valence-corrected chi connectivity index (χ4v) is 0. The van der Waals surface area contributed by atoms with E-state index >= 15 is 0 Å². The molecule has 0 fully saturated rings. The number of hydrogen-bond donors (Lipinski definition) is 2. The van der Waals surface area contributed by atoms with Crippen LogP contribution in [-0.2, 0) is 7.67 Å². The molecule has 0 amide bonds. The molecule has 0 aliphatic carbocycles. The van der Waals surface area contributed by atoms with Crippen LogP contribution in [0.15, 0.2) is 0 Å². The average Bonchev–Trinajstić information content (AvgIpc) is 0.722. The summed E-state index contributed by atoms with van der Waals surface area (Å²) in [5.41, 5.74) is 0. The molecule has 2 N–H and O–H groups in total. The van der Waals surface area contributed by atoms with Gasteiger partial charge in [0.15, 0.2) is 0 Å². The standard InChI is InChI=1S/La.H2O4Se/c;1-5(2,3)4/h;(H2,1,2,3,4). The average molecular weight is 284 g/mol. The van der Waals surface area contributed by atoms with E-state index in [1.165, 1.54) is 0 Å². The zero-order valence-corrected chi connectivity index (χ0v) is 8.04. The van der Waals surface area contributed by atoms with E-state index in [2.05, 4.69) is 0 Å². The second-order valence-electron chi connectivity index (χ2n) is 0.448. The predicted octanol–water partition coefficient (Wildman–Crippen LogP) is -1.73. The Balaban J connectivity index is 0. The second kappa shape index (κ2) is 3.26. The maximum atomic E-state index is 8.82. The summed E-state index contributed by atoms with van der Waals surface area (Å²) in [7, 11) is 0. The Hall–Kier alpha value is 1.23. The van der Waals surface area contributed by atoms with Gasteiger partial charge in [-0.2, -0.15) is 0 Å². The maximum Gasteiger partial charge on any atom is 0 e. The first-order valence-electron chi connectivity index (χ1n) is 0.698. The molecule has 0 atom stereocenters. The van der Waals surface area contributed by atoms with E-state index in [0.29, 0.717) is 0 Å². The van der Waals surface area contributed by atoms with Crippen molar-refractivity contribution in [3.05, 3.63) is 0 Å². The minimum absolute atomic E-state index is 0. The monoisotopic (exact) mass is 285 g/mol. The zero-order chi connectivity index (χ0) is 4.50. The van der Waals surface area contributed by atoms with Gasteiger partial charge in [0, 0.05) is 35.6 Å². The molecule has 0 saturated carbocycles. The largest absolute Gasteiger partial charge is 0 e. The molecule has 6 heavy (non-hydrogen) atoms. The van der Waals surface area contributed by atoms with Gasteiger partial charge >= 0.3 is 29.4 Å². The summed E-state index contributed by atoms with van der Waals surface area (Å²) >= 11 is -5.25. The van der Waals surface area contributed by atoms with Crippen LogP contribution in [0.1, 0.15) is 0 Å². The fourth-order valence-electron chi connectivity index (χ4n) is 0. The van der Waals surface area contributed by atoms with Gasteiger partial charge in [0.05, 0.1) is 0 Å². The van der Waals surface area contributed by atoms with E-state index in [1.54, 1.807) is 0 Å². The molecular weight excluding hydrogens is 282 g/mol. The van der Waals surface area contributed by atoms with Crippen molar-refractivity contribution in [2.75, 3.05) is 0 Å². The van der Waals surface area contributed by atoms with Crippen LogP contribution in [0, 0.1) is 35.6 Å². The van der Waals surface area contributed by atoms with Crippen LogP contribution in [0.3, 0.4) is 0 Å². The Morgan fingerprint density at radius 1 is 1.17 bits per heavy atom. The molecular formula is H2LaO4Se. The van der Waals surface area contributed by atoms with Crippen molar-refractivity contribution in [3.8, 4) is 0 Å². The molecule has 0 aromatic heterocycles. The molecule has 0 saturated heterocycles. The van der Waals surface area contributed by atoms with Gasteiger partial charge in [-0.15, -0.1) is 0 Å². The number of hydrogen-bond acceptors (Lipinski definition) is 2. The summed E-state index contributed by atoms with van der Waals surface area (Å²) in [5, 5.41) is 0. The van der Waals surface area contributed by atoms with Crippen LogP contribution < -0.4 is 0 Å². The van der Waals surface area contributed by atoms with Crippen molar-refractivity contribution in [1.29, 1.82) is 0 Å². The van der Waals surface area contributed by atoms with Crippen LogP contribution in [-0.4, -0.2) is 21.7 Å². The van der Waals surface area contributed by atoms with Crippen LogP contribution in [0.2, 0.25) is 0 Å². The van der Waals surface area contributed by atoms with E-state index in [1.807, 2.05) is 0 Å². The third-order valence-corrected chi connectivity index (χ3v) is 0.